The van der Waals surface area contributed by atoms with Crippen LogP contribution < -0.4 is 5.32 Å². The first-order chi connectivity index (χ1) is 13.5. The standard InChI is InChI=1S/C23H22N2O3/c1-15-10-11-18(13-19(15)24-22(26)20-9-6-12-28-20)23(27)25-14-16(2)21(25)17-7-4-3-5-8-17/h3-13,16,21H,14H2,1-2H3,(H,24,26)/t16-,21+/m0/s1. The SMILES string of the molecule is Cc1ccc(C(=O)N2C[C@H](C)[C@@H]2c2ccccc2)cc1NC(=O)c1ccco1. The second-order valence-corrected chi connectivity index (χ2v) is 7.25. The molecule has 0 spiro atoms. The fourth-order valence-corrected chi connectivity index (χ4v) is 3.71. The number of likely N-dealkylation sites (tertiary alicyclic amines) is 1. The number of nitrogens with zero attached hydrogens (tertiary/aromatic N) is 1. The molecule has 0 bridgehead atoms. The highest BCUT2D eigenvalue weighted by molar-refractivity contribution is 6.04. The minimum atomic E-state index is -0.336. The Morgan fingerprint density at radius 3 is 2.54 bits per heavy atom. The normalized spacial score (nSPS) is 18.4. The minimum absolute atomic E-state index is 0.0274. The Labute approximate surface area is 164 Å². The monoisotopic (exact) mass is 374 g/mol. The van der Waals surface area contributed by atoms with E-state index in [2.05, 4.69) is 24.4 Å². The first kappa shape index (κ1) is 18.0. The van der Waals surface area contributed by atoms with E-state index < -0.39 is 0 Å². The van der Waals surface area contributed by atoms with E-state index in [0.717, 1.165) is 17.7 Å². The zero-order chi connectivity index (χ0) is 19.7. The fraction of sp³-hybridized carbons (Fsp3) is 0.217. The molecular formula is C23H22N2O3. The van der Waals surface area contributed by atoms with E-state index in [0.29, 0.717) is 17.2 Å². The number of aryl methyl sites for hydroxylation is 1. The molecule has 1 N–H and O–H groups in total. The van der Waals surface area contributed by atoms with E-state index >= 15 is 0 Å². The van der Waals surface area contributed by atoms with Gasteiger partial charge in [-0.2, -0.15) is 0 Å². The molecule has 4 rings (SSSR count). The van der Waals surface area contributed by atoms with Gasteiger partial charge in [0.15, 0.2) is 5.76 Å². The second-order valence-electron chi connectivity index (χ2n) is 7.25. The van der Waals surface area contributed by atoms with E-state index in [1.807, 2.05) is 42.2 Å². The molecule has 5 nitrogen and oxygen atoms in total. The number of hydrogen-bond acceptors (Lipinski definition) is 3. The third-order valence-electron chi connectivity index (χ3n) is 5.24. The van der Waals surface area contributed by atoms with Gasteiger partial charge >= 0.3 is 0 Å². The third-order valence-corrected chi connectivity index (χ3v) is 5.24. The predicted molar refractivity (Wildman–Crippen MR) is 107 cm³/mol. The summed E-state index contributed by atoms with van der Waals surface area (Å²) in [5.41, 5.74) is 3.20. The average molecular weight is 374 g/mol. The lowest BCUT2D eigenvalue weighted by atomic mass is 9.84. The summed E-state index contributed by atoms with van der Waals surface area (Å²) in [6, 6.07) is 18.8. The zero-order valence-electron chi connectivity index (χ0n) is 15.9. The molecular weight excluding hydrogens is 352 g/mol. The molecule has 28 heavy (non-hydrogen) atoms. The molecule has 2 amide bonds. The molecule has 2 atom stereocenters. The van der Waals surface area contributed by atoms with Crippen LogP contribution in [0.5, 0.6) is 0 Å². The van der Waals surface area contributed by atoms with Gasteiger partial charge in [-0.3, -0.25) is 9.59 Å². The summed E-state index contributed by atoms with van der Waals surface area (Å²) >= 11 is 0. The van der Waals surface area contributed by atoms with E-state index in [1.165, 1.54) is 6.26 Å². The topological polar surface area (TPSA) is 62.6 Å². The lowest BCUT2D eigenvalue weighted by Gasteiger charge is -2.47. The van der Waals surface area contributed by atoms with Crippen molar-refractivity contribution in [3.8, 4) is 0 Å². The molecule has 1 aromatic heterocycles. The van der Waals surface area contributed by atoms with Gasteiger partial charge in [-0.05, 0) is 48.2 Å². The van der Waals surface area contributed by atoms with Crippen LogP contribution in [0.3, 0.4) is 0 Å². The Morgan fingerprint density at radius 2 is 1.86 bits per heavy atom. The summed E-state index contributed by atoms with van der Waals surface area (Å²) in [4.78, 5) is 27.3. The Bertz CT molecular complexity index is 996. The first-order valence-electron chi connectivity index (χ1n) is 9.36. The van der Waals surface area contributed by atoms with Crippen LogP contribution in [0.15, 0.2) is 71.3 Å². The minimum Gasteiger partial charge on any atom is -0.459 e. The van der Waals surface area contributed by atoms with Crippen LogP contribution in [-0.4, -0.2) is 23.3 Å². The number of hydrogen-bond donors (Lipinski definition) is 1. The maximum atomic E-state index is 13.1. The molecule has 1 saturated heterocycles. The van der Waals surface area contributed by atoms with Crippen molar-refractivity contribution in [2.24, 2.45) is 5.92 Å². The summed E-state index contributed by atoms with van der Waals surface area (Å²) in [5.74, 6) is 0.282. The highest BCUT2D eigenvalue weighted by Gasteiger charge is 2.40. The average Bonchev–Trinajstić information content (AvgIpc) is 3.23. The largest absolute Gasteiger partial charge is 0.459 e. The summed E-state index contributed by atoms with van der Waals surface area (Å²) < 4.78 is 5.14. The molecule has 3 aromatic rings. The number of benzene rings is 2. The number of nitrogens with one attached hydrogen (secondary N) is 1. The Balaban J connectivity index is 1.56. The van der Waals surface area contributed by atoms with Crippen molar-refractivity contribution >= 4 is 17.5 Å². The van der Waals surface area contributed by atoms with Gasteiger partial charge in [-0.15, -0.1) is 0 Å². The summed E-state index contributed by atoms with van der Waals surface area (Å²) in [5, 5.41) is 2.83. The van der Waals surface area contributed by atoms with Crippen molar-refractivity contribution in [2.75, 3.05) is 11.9 Å². The molecule has 142 valence electrons. The van der Waals surface area contributed by atoms with Gasteiger partial charge in [0.25, 0.3) is 11.8 Å². The van der Waals surface area contributed by atoms with Crippen molar-refractivity contribution in [3.05, 3.63) is 89.4 Å². The van der Waals surface area contributed by atoms with Crippen molar-refractivity contribution in [1.29, 1.82) is 0 Å². The van der Waals surface area contributed by atoms with Gasteiger partial charge in [0.05, 0.1) is 12.3 Å². The Hall–Kier alpha value is -3.34. The molecule has 1 fully saturated rings. The van der Waals surface area contributed by atoms with E-state index in [-0.39, 0.29) is 23.6 Å². The lowest BCUT2D eigenvalue weighted by molar-refractivity contribution is 0.0198. The van der Waals surface area contributed by atoms with Crippen LogP contribution in [-0.2, 0) is 0 Å². The van der Waals surface area contributed by atoms with Gasteiger partial charge in [-0.25, -0.2) is 0 Å². The summed E-state index contributed by atoms with van der Waals surface area (Å²) in [7, 11) is 0. The smallest absolute Gasteiger partial charge is 0.291 e. The molecule has 0 radical (unpaired) electrons. The van der Waals surface area contributed by atoms with Crippen molar-refractivity contribution in [1.82, 2.24) is 4.90 Å². The quantitative estimate of drug-likeness (QED) is 0.722. The number of furan rings is 1. The number of carbonyl (C=O) groups is 2. The van der Waals surface area contributed by atoms with Gasteiger partial charge < -0.3 is 14.6 Å². The molecule has 2 aromatic carbocycles. The molecule has 2 heterocycles. The van der Waals surface area contributed by atoms with E-state index in [9.17, 15) is 9.59 Å². The molecule has 0 saturated carbocycles. The first-order valence-corrected chi connectivity index (χ1v) is 9.36. The second kappa shape index (κ2) is 7.35. The van der Waals surface area contributed by atoms with Gasteiger partial charge in [0, 0.05) is 17.8 Å². The van der Waals surface area contributed by atoms with Crippen LogP contribution in [0.2, 0.25) is 0 Å². The fourth-order valence-electron chi connectivity index (χ4n) is 3.71. The van der Waals surface area contributed by atoms with Crippen LogP contribution in [0.25, 0.3) is 0 Å². The van der Waals surface area contributed by atoms with Crippen LogP contribution in [0.1, 0.15) is 45.0 Å². The van der Waals surface area contributed by atoms with Gasteiger partial charge in [-0.1, -0.05) is 43.3 Å². The van der Waals surface area contributed by atoms with Crippen LogP contribution >= 0.6 is 0 Å². The lowest BCUT2D eigenvalue weighted by Crippen LogP contribution is -2.51. The Morgan fingerprint density at radius 1 is 1.07 bits per heavy atom. The Kier molecular flexibility index (Phi) is 4.74. The predicted octanol–water partition coefficient (Wildman–Crippen LogP) is 4.67. The van der Waals surface area contributed by atoms with Gasteiger partial charge in [0.1, 0.15) is 0 Å². The molecule has 0 aliphatic carbocycles. The third kappa shape index (κ3) is 3.31. The van der Waals surface area contributed by atoms with Crippen molar-refractivity contribution < 1.29 is 14.0 Å². The van der Waals surface area contributed by atoms with Crippen molar-refractivity contribution in [3.63, 3.8) is 0 Å². The van der Waals surface area contributed by atoms with Crippen LogP contribution in [0.4, 0.5) is 5.69 Å². The number of rotatable bonds is 4. The summed E-state index contributed by atoms with van der Waals surface area (Å²) in [6.07, 6.45) is 1.45. The van der Waals surface area contributed by atoms with Gasteiger partial charge in [0.2, 0.25) is 0 Å². The van der Waals surface area contributed by atoms with Crippen LogP contribution in [0, 0.1) is 12.8 Å². The molecule has 1 aliphatic rings. The zero-order valence-corrected chi connectivity index (χ0v) is 15.9. The molecule has 1 aliphatic heterocycles. The number of anilines is 1. The number of amides is 2. The number of carbonyl (C=O) groups excluding carboxylic acids is 2. The van der Waals surface area contributed by atoms with E-state index in [4.69, 9.17) is 4.42 Å². The highest BCUT2D eigenvalue weighted by Crippen LogP contribution is 2.39. The molecule has 0 unspecified atom stereocenters. The molecule has 5 heteroatoms. The van der Waals surface area contributed by atoms with E-state index in [1.54, 1.807) is 18.2 Å². The highest BCUT2D eigenvalue weighted by atomic mass is 16.3. The summed E-state index contributed by atoms with van der Waals surface area (Å²) in [6.45, 7) is 4.77. The maximum Gasteiger partial charge on any atom is 0.291 e. The maximum absolute atomic E-state index is 13.1. The van der Waals surface area contributed by atoms with Crippen molar-refractivity contribution in [2.45, 2.75) is 19.9 Å².